The largest absolute Gasteiger partial charge is 0.321 e. The smallest absolute Gasteiger partial charge is 0.153 e. The fourth-order valence-corrected chi connectivity index (χ4v) is 3.91. The zero-order chi connectivity index (χ0) is 11.1. The Morgan fingerprint density at radius 2 is 2.40 bits per heavy atom. The fourth-order valence-electron chi connectivity index (χ4n) is 2.00. The molecule has 0 aromatic carbocycles. The summed E-state index contributed by atoms with van der Waals surface area (Å²) >= 11 is 5.36. The lowest BCUT2D eigenvalue weighted by molar-refractivity contribution is 0.472. The molecule has 4 nitrogen and oxygen atoms in total. The minimum Gasteiger partial charge on any atom is -0.321 e. The summed E-state index contributed by atoms with van der Waals surface area (Å²) in [5.41, 5.74) is 7.32. The molecule has 2 atom stereocenters. The van der Waals surface area contributed by atoms with Gasteiger partial charge in [-0.2, -0.15) is 11.8 Å². The second-order valence-corrected chi connectivity index (χ2v) is 6.51. The van der Waals surface area contributed by atoms with Crippen LogP contribution in [0.4, 0.5) is 0 Å². The van der Waals surface area contributed by atoms with E-state index in [1.807, 2.05) is 18.8 Å². The van der Waals surface area contributed by atoms with Gasteiger partial charge in [-0.3, -0.25) is 0 Å². The van der Waals surface area contributed by atoms with Crippen LogP contribution in [0.15, 0.2) is 4.60 Å². The molecule has 1 fully saturated rings. The summed E-state index contributed by atoms with van der Waals surface area (Å²) in [5.74, 6) is 1.20. The third kappa shape index (κ3) is 1.94. The Hall–Kier alpha value is -0.0700. The maximum Gasteiger partial charge on any atom is 0.153 e. The summed E-state index contributed by atoms with van der Waals surface area (Å²) < 4.78 is 2.66. The molecule has 0 bridgehead atoms. The number of thioether (sulfide) groups is 1. The van der Waals surface area contributed by atoms with E-state index in [4.69, 9.17) is 5.73 Å². The molecule has 0 spiro atoms. The first kappa shape index (κ1) is 11.4. The van der Waals surface area contributed by atoms with E-state index in [0.717, 1.165) is 16.7 Å². The Morgan fingerprint density at radius 1 is 1.67 bits per heavy atom. The average Bonchev–Trinajstić information content (AvgIpc) is 2.75. The zero-order valence-corrected chi connectivity index (χ0v) is 11.3. The van der Waals surface area contributed by atoms with Gasteiger partial charge < -0.3 is 5.73 Å². The van der Waals surface area contributed by atoms with Crippen molar-refractivity contribution in [1.29, 1.82) is 0 Å². The standard InChI is InChI=1S/C9H15BrN4S/c1-9(4-3-5-15-9)7(11)6-8(10)12-13-14(6)2/h7H,3-5,11H2,1-2H3. The van der Waals surface area contributed by atoms with E-state index in [2.05, 4.69) is 33.2 Å². The maximum atomic E-state index is 6.33. The summed E-state index contributed by atoms with van der Waals surface area (Å²) in [4.78, 5) is 0. The van der Waals surface area contributed by atoms with Crippen molar-refractivity contribution < 1.29 is 0 Å². The molecule has 2 unspecified atom stereocenters. The number of nitrogens with zero attached hydrogens (tertiary/aromatic N) is 3. The molecular formula is C9H15BrN4S. The summed E-state index contributed by atoms with van der Waals surface area (Å²) in [7, 11) is 1.88. The van der Waals surface area contributed by atoms with E-state index in [9.17, 15) is 0 Å². The van der Waals surface area contributed by atoms with Crippen molar-refractivity contribution in [2.45, 2.75) is 30.6 Å². The molecule has 6 heteroatoms. The van der Waals surface area contributed by atoms with Gasteiger partial charge >= 0.3 is 0 Å². The van der Waals surface area contributed by atoms with E-state index >= 15 is 0 Å². The van der Waals surface area contributed by atoms with Gasteiger partial charge in [-0.1, -0.05) is 5.21 Å². The first-order valence-corrected chi connectivity index (χ1v) is 6.77. The molecule has 0 radical (unpaired) electrons. The van der Waals surface area contributed by atoms with Crippen LogP contribution in [0.2, 0.25) is 0 Å². The predicted molar refractivity (Wildman–Crippen MR) is 65.7 cm³/mol. The molecule has 84 valence electrons. The molecule has 0 saturated carbocycles. The van der Waals surface area contributed by atoms with Gasteiger partial charge in [-0.15, -0.1) is 5.10 Å². The third-order valence-corrected chi connectivity index (χ3v) is 5.20. The van der Waals surface area contributed by atoms with Gasteiger partial charge in [0.25, 0.3) is 0 Å². The summed E-state index contributed by atoms with van der Waals surface area (Å²) in [6.45, 7) is 2.23. The molecule has 1 saturated heterocycles. The predicted octanol–water partition coefficient (Wildman–Crippen LogP) is 1.86. The Labute approximate surface area is 102 Å². The SMILES string of the molecule is Cn1nnc(Br)c1C(N)C1(C)CCCS1. The maximum absolute atomic E-state index is 6.33. The van der Waals surface area contributed by atoms with Crippen LogP contribution in [0.1, 0.15) is 31.5 Å². The normalized spacial score (nSPS) is 28.3. The number of hydrogen-bond donors (Lipinski definition) is 1. The van der Waals surface area contributed by atoms with Crippen molar-refractivity contribution in [2.75, 3.05) is 5.75 Å². The van der Waals surface area contributed by atoms with Crippen molar-refractivity contribution in [3.63, 3.8) is 0 Å². The third-order valence-electron chi connectivity index (χ3n) is 3.03. The number of rotatable bonds is 2. The monoisotopic (exact) mass is 290 g/mol. The number of aryl methyl sites for hydroxylation is 1. The van der Waals surface area contributed by atoms with E-state index < -0.39 is 0 Å². The topological polar surface area (TPSA) is 56.7 Å². The van der Waals surface area contributed by atoms with E-state index in [-0.39, 0.29) is 10.8 Å². The highest BCUT2D eigenvalue weighted by Gasteiger charge is 2.39. The van der Waals surface area contributed by atoms with Crippen LogP contribution < -0.4 is 5.73 Å². The van der Waals surface area contributed by atoms with Crippen molar-refractivity contribution in [3.05, 3.63) is 10.3 Å². The van der Waals surface area contributed by atoms with Crippen LogP contribution in [0.3, 0.4) is 0 Å². The first-order valence-electron chi connectivity index (χ1n) is 4.99. The van der Waals surface area contributed by atoms with Crippen molar-refractivity contribution in [1.82, 2.24) is 15.0 Å². The van der Waals surface area contributed by atoms with E-state index in [0.29, 0.717) is 0 Å². The molecule has 0 aliphatic carbocycles. The summed E-state index contributed by atoms with van der Waals surface area (Å²) in [6, 6.07) is -0.0145. The Kier molecular flexibility index (Phi) is 3.10. The molecule has 1 aliphatic rings. The van der Waals surface area contributed by atoms with Crippen LogP contribution >= 0.6 is 27.7 Å². The lowest BCUT2D eigenvalue weighted by atomic mass is 9.94. The lowest BCUT2D eigenvalue weighted by Gasteiger charge is -2.30. The highest BCUT2D eigenvalue weighted by atomic mass is 79.9. The minimum absolute atomic E-state index is 0.0145. The first-order chi connectivity index (χ1) is 7.04. The Bertz CT molecular complexity index is 339. The van der Waals surface area contributed by atoms with Gasteiger partial charge in [0.15, 0.2) is 4.60 Å². The van der Waals surface area contributed by atoms with Crippen LogP contribution in [-0.2, 0) is 7.05 Å². The van der Waals surface area contributed by atoms with Gasteiger partial charge in [0.1, 0.15) is 0 Å². The molecule has 2 N–H and O–H groups in total. The van der Waals surface area contributed by atoms with Crippen LogP contribution in [0.25, 0.3) is 0 Å². The Morgan fingerprint density at radius 3 is 2.87 bits per heavy atom. The van der Waals surface area contributed by atoms with E-state index in [1.54, 1.807) is 4.68 Å². The second-order valence-electron chi connectivity index (χ2n) is 4.13. The summed E-state index contributed by atoms with van der Waals surface area (Å²) in [6.07, 6.45) is 2.41. The molecule has 1 aromatic rings. The van der Waals surface area contributed by atoms with E-state index in [1.165, 1.54) is 12.2 Å². The van der Waals surface area contributed by atoms with Crippen molar-refractivity contribution in [2.24, 2.45) is 12.8 Å². The van der Waals surface area contributed by atoms with Gasteiger partial charge in [0, 0.05) is 11.8 Å². The molecule has 0 amide bonds. The van der Waals surface area contributed by atoms with Crippen LogP contribution in [0, 0.1) is 0 Å². The molecule has 1 aliphatic heterocycles. The second kappa shape index (κ2) is 4.07. The lowest BCUT2D eigenvalue weighted by Crippen LogP contribution is -2.34. The van der Waals surface area contributed by atoms with Crippen LogP contribution in [0.5, 0.6) is 0 Å². The molecule has 15 heavy (non-hydrogen) atoms. The molecule has 2 heterocycles. The van der Waals surface area contributed by atoms with Gasteiger partial charge in [-0.25, -0.2) is 4.68 Å². The highest BCUT2D eigenvalue weighted by Crippen LogP contribution is 2.46. The van der Waals surface area contributed by atoms with Gasteiger partial charge in [0.05, 0.1) is 11.7 Å². The summed E-state index contributed by atoms with van der Waals surface area (Å²) in [5, 5.41) is 7.95. The molecule has 1 aromatic heterocycles. The van der Waals surface area contributed by atoms with Crippen molar-refractivity contribution in [3.8, 4) is 0 Å². The minimum atomic E-state index is -0.0145. The van der Waals surface area contributed by atoms with Gasteiger partial charge in [0.2, 0.25) is 0 Å². The molecule has 2 rings (SSSR count). The number of aromatic nitrogens is 3. The number of halogens is 1. The molecular weight excluding hydrogens is 276 g/mol. The average molecular weight is 291 g/mol. The number of nitrogens with two attached hydrogens (primary N) is 1. The van der Waals surface area contributed by atoms with Gasteiger partial charge in [-0.05, 0) is 41.4 Å². The Balaban J connectivity index is 2.31. The fraction of sp³-hybridized carbons (Fsp3) is 0.778. The van der Waals surface area contributed by atoms with Crippen LogP contribution in [-0.4, -0.2) is 25.5 Å². The quantitative estimate of drug-likeness (QED) is 0.903. The number of hydrogen-bond acceptors (Lipinski definition) is 4. The highest BCUT2D eigenvalue weighted by molar-refractivity contribution is 9.10. The zero-order valence-electron chi connectivity index (χ0n) is 8.90. The van der Waals surface area contributed by atoms with Crippen molar-refractivity contribution >= 4 is 27.7 Å².